The fraction of sp³-hybridized carbons (Fsp3) is 0.0714. The Morgan fingerprint density at radius 3 is 2.95 bits per heavy atom. The summed E-state index contributed by atoms with van der Waals surface area (Å²) in [4.78, 5) is 16.1. The van der Waals surface area contributed by atoms with Crippen molar-refractivity contribution in [2.24, 2.45) is 0 Å². The molecule has 6 heteroatoms. The predicted octanol–water partition coefficient (Wildman–Crippen LogP) is 2.24. The van der Waals surface area contributed by atoms with Gasteiger partial charge in [0.05, 0.1) is 28.8 Å². The number of aryl methyl sites for hydroxylation is 1. The quantitative estimate of drug-likeness (QED) is 0.875. The second kappa shape index (κ2) is 5.36. The molecule has 0 aliphatic rings. The van der Waals surface area contributed by atoms with Crippen molar-refractivity contribution < 1.29 is 9.18 Å². The molecule has 100 valence electrons. The van der Waals surface area contributed by atoms with E-state index in [0.717, 1.165) is 6.07 Å². The number of pyridine rings is 1. The number of hydrogen-bond acceptors (Lipinski definition) is 4. The summed E-state index contributed by atoms with van der Waals surface area (Å²) in [5.74, 6) is -1.18. The van der Waals surface area contributed by atoms with Gasteiger partial charge in [-0.2, -0.15) is 5.26 Å². The Hall–Kier alpha value is -2.94. The van der Waals surface area contributed by atoms with Gasteiger partial charge >= 0.3 is 0 Å². The van der Waals surface area contributed by atoms with Crippen LogP contribution in [-0.2, 0) is 0 Å². The molecule has 1 aromatic heterocycles. The van der Waals surface area contributed by atoms with Gasteiger partial charge in [-0.15, -0.1) is 0 Å². The van der Waals surface area contributed by atoms with Gasteiger partial charge in [-0.05, 0) is 25.1 Å². The van der Waals surface area contributed by atoms with Crippen LogP contribution in [0.15, 0.2) is 30.5 Å². The highest BCUT2D eigenvalue weighted by Gasteiger charge is 2.14. The first-order chi connectivity index (χ1) is 9.52. The van der Waals surface area contributed by atoms with E-state index in [2.05, 4.69) is 10.3 Å². The maximum Gasteiger partial charge on any atom is 0.257 e. The number of rotatable bonds is 2. The molecule has 0 saturated heterocycles. The van der Waals surface area contributed by atoms with Crippen LogP contribution < -0.4 is 11.1 Å². The van der Waals surface area contributed by atoms with E-state index in [0.29, 0.717) is 11.4 Å². The molecule has 0 saturated carbocycles. The highest BCUT2D eigenvalue weighted by Crippen LogP contribution is 2.19. The van der Waals surface area contributed by atoms with Crippen LogP contribution in [-0.4, -0.2) is 10.9 Å². The first-order valence-electron chi connectivity index (χ1n) is 5.75. The first kappa shape index (κ1) is 13.5. The largest absolute Gasteiger partial charge is 0.397 e. The number of anilines is 2. The van der Waals surface area contributed by atoms with E-state index in [4.69, 9.17) is 11.0 Å². The number of nitrogen functional groups attached to an aromatic ring is 1. The molecule has 0 unspecified atom stereocenters. The maximum absolute atomic E-state index is 13.4. The third kappa shape index (κ3) is 2.57. The molecule has 2 aromatic rings. The maximum atomic E-state index is 13.4. The molecule has 0 bridgehead atoms. The number of carbonyl (C=O) groups excluding carboxylic acids is 1. The van der Waals surface area contributed by atoms with Crippen LogP contribution in [0.3, 0.4) is 0 Å². The first-order valence-corrected chi connectivity index (χ1v) is 5.75. The minimum absolute atomic E-state index is 0.110. The van der Waals surface area contributed by atoms with Crippen molar-refractivity contribution in [2.75, 3.05) is 11.1 Å². The second-order valence-electron chi connectivity index (χ2n) is 4.13. The molecule has 0 fully saturated rings. The lowest BCUT2D eigenvalue weighted by atomic mass is 10.1. The fourth-order valence-corrected chi connectivity index (χ4v) is 1.71. The monoisotopic (exact) mass is 270 g/mol. The number of nitriles is 1. The number of amides is 1. The van der Waals surface area contributed by atoms with Crippen molar-refractivity contribution in [3.05, 3.63) is 53.1 Å². The topological polar surface area (TPSA) is 91.8 Å². The molecular weight excluding hydrogens is 259 g/mol. The van der Waals surface area contributed by atoms with Crippen LogP contribution in [0.4, 0.5) is 15.8 Å². The molecule has 1 heterocycles. The number of nitrogens with two attached hydrogens (primary N) is 1. The lowest BCUT2D eigenvalue weighted by Gasteiger charge is -2.09. The van der Waals surface area contributed by atoms with Gasteiger partial charge in [-0.1, -0.05) is 6.07 Å². The Morgan fingerprint density at radius 1 is 1.50 bits per heavy atom. The molecule has 1 aromatic carbocycles. The summed E-state index contributed by atoms with van der Waals surface area (Å²) in [6.07, 6.45) is 1.44. The number of hydrogen-bond donors (Lipinski definition) is 2. The van der Waals surface area contributed by atoms with E-state index in [1.165, 1.54) is 24.4 Å². The van der Waals surface area contributed by atoms with Crippen LogP contribution in [0.5, 0.6) is 0 Å². The zero-order chi connectivity index (χ0) is 14.7. The Labute approximate surface area is 114 Å². The van der Waals surface area contributed by atoms with Gasteiger partial charge in [0.2, 0.25) is 0 Å². The van der Waals surface area contributed by atoms with Crippen molar-refractivity contribution in [1.29, 1.82) is 5.26 Å². The van der Waals surface area contributed by atoms with E-state index in [-0.39, 0.29) is 16.8 Å². The number of aromatic nitrogens is 1. The number of halogens is 1. The number of carbonyl (C=O) groups is 1. The van der Waals surface area contributed by atoms with Crippen molar-refractivity contribution in [3.8, 4) is 6.07 Å². The average Bonchev–Trinajstić information content (AvgIpc) is 2.41. The molecule has 5 nitrogen and oxygen atoms in total. The third-order valence-corrected chi connectivity index (χ3v) is 2.73. The highest BCUT2D eigenvalue weighted by molar-refractivity contribution is 6.06. The van der Waals surface area contributed by atoms with E-state index in [1.54, 1.807) is 13.0 Å². The van der Waals surface area contributed by atoms with E-state index < -0.39 is 11.7 Å². The van der Waals surface area contributed by atoms with Crippen molar-refractivity contribution >= 4 is 17.3 Å². The number of nitrogens with zero attached hydrogens (tertiary/aromatic N) is 2. The summed E-state index contributed by atoms with van der Waals surface area (Å²) in [6.45, 7) is 1.66. The van der Waals surface area contributed by atoms with Gasteiger partial charge in [0.25, 0.3) is 5.91 Å². The molecular formula is C14H11FN4O. The van der Waals surface area contributed by atoms with Crippen LogP contribution in [0.1, 0.15) is 21.6 Å². The lowest BCUT2D eigenvalue weighted by Crippen LogP contribution is -2.15. The Bertz CT molecular complexity index is 722. The molecule has 0 spiro atoms. The number of nitrogens with one attached hydrogen (secondary N) is 1. The third-order valence-electron chi connectivity index (χ3n) is 2.73. The van der Waals surface area contributed by atoms with Gasteiger partial charge in [-0.25, -0.2) is 4.39 Å². The van der Waals surface area contributed by atoms with Crippen molar-refractivity contribution in [2.45, 2.75) is 6.92 Å². The molecule has 0 aliphatic heterocycles. The van der Waals surface area contributed by atoms with Crippen molar-refractivity contribution in [1.82, 2.24) is 4.98 Å². The van der Waals surface area contributed by atoms with Crippen molar-refractivity contribution in [3.63, 3.8) is 0 Å². The zero-order valence-corrected chi connectivity index (χ0v) is 10.6. The SMILES string of the molecule is Cc1ncc(N)cc1C(=O)Nc1cccc(F)c1C#N. The van der Waals surface area contributed by atoms with Gasteiger partial charge in [0.1, 0.15) is 17.4 Å². The van der Waals surface area contributed by atoms with Crippen LogP contribution in [0, 0.1) is 24.1 Å². The van der Waals surface area contributed by atoms with Crippen LogP contribution >= 0.6 is 0 Å². The summed E-state index contributed by atoms with van der Waals surface area (Å²) < 4.78 is 13.4. The Balaban J connectivity index is 2.36. The average molecular weight is 270 g/mol. The summed E-state index contributed by atoms with van der Waals surface area (Å²) in [5.41, 5.74) is 6.60. The Morgan fingerprint density at radius 2 is 2.25 bits per heavy atom. The molecule has 0 aliphatic carbocycles. The summed E-state index contributed by atoms with van der Waals surface area (Å²) in [7, 11) is 0. The van der Waals surface area contributed by atoms with E-state index >= 15 is 0 Å². The minimum Gasteiger partial charge on any atom is -0.397 e. The second-order valence-corrected chi connectivity index (χ2v) is 4.13. The van der Waals surface area contributed by atoms with Crippen LogP contribution in [0.2, 0.25) is 0 Å². The molecule has 1 amide bonds. The molecule has 3 N–H and O–H groups in total. The molecule has 2 rings (SSSR count). The standard InChI is InChI=1S/C14H11FN4O/c1-8-10(5-9(17)7-18-8)14(20)19-13-4-2-3-12(15)11(13)6-16/h2-5,7H,17H2,1H3,(H,19,20). The summed E-state index contributed by atoms with van der Waals surface area (Å²) in [5, 5.41) is 11.4. The van der Waals surface area contributed by atoms with Gasteiger partial charge in [-0.3, -0.25) is 9.78 Å². The normalized spacial score (nSPS) is 9.85. The highest BCUT2D eigenvalue weighted by atomic mass is 19.1. The Kier molecular flexibility index (Phi) is 3.62. The molecule has 20 heavy (non-hydrogen) atoms. The molecule has 0 radical (unpaired) electrons. The van der Waals surface area contributed by atoms with E-state index in [9.17, 15) is 9.18 Å². The minimum atomic E-state index is -0.687. The van der Waals surface area contributed by atoms with E-state index in [1.807, 2.05) is 0 Å². The van der Waals surface area contributed by atoms with Gasteiger partial charge in [0.15, 0.2) is 0 Å². The summed E-state index contributed by atoms with van der Waals surface area (Å²) >= 11 is 0. The van der Waals surface area contributed by atoms with Gasteiger partial charge < -0.3 is 11.1 Å². The molecule has 0 atom stereocenters. The fourth-order valence-electron chi connectivity index (χ4n) is 1.71. The number of benzene rings is 1. The lowest BCUT2D eigenvalue weighted by molar-refractivity contribution is 0.102. The zero-order valence-electron chi connectivity index (χ0n) is 10.6. The van der Waals surface area contributed by atoms with Crippen LogP contribution in [0.25, 0.3) is 0 Å². The predicted molar refractivity (Wildman–Crippen MR) is 72.5 cm³/mol. The smallest absolute Gasteiger partial charge is 0.257 e. The van der Waals surface area contributed by atoms with Gasteiger partial charge in [0, 0.05) is 0 Å². The summed E-state index contributed by atoms with van der Waals surface area (Å²) in [6, 6.07) is 7.21.